The van der Waals surface area contributed by atoms with Crippen LogP contribution in [0.15, 0.2) is 12.3 Å². The summed E-state index contributed by atoms with van der Waals surface area (Å²) in [4.78, 5) is 35.2. The van der Waals surface area contributed by atoms with Gasteiger partial charge in [0.1, 0.15) is 5.69 Å². The quantitative estimate of drug-likeness (QED) is 0.747. The first-order valence-electron chi connectivity index (χ1n) is 7.93. The van der Waals surface area contributed by atoms with Crippen molar-refractivity contribution in [1.29, 1.82) is 0 Å². The summed E-state index contributed by atoms with van der Waals surface area (Å²) < 4.78 is 5.49. The summed E-state index contributed by atoms with van der Waals surface area (Å²) in [6, 6.07) is 1.61. The number of carbonyl (C=O) groups is 2. The van der Waals surface area contributed by atoms with Crippen LogP contribution in [0.5, 0.6) is 0 Å². The van der Waals surface area contributed by atoms with Crippen molar-refractivity contribution in [2.75, 3.05) is 44.2 Å². The van der Waals surface area contributed by atoms with Crippen LogP contribution in [0.4, 0.5) is 5.95 Å². The fraction of sp³-hybridized carbons (Fsp3) is 0.600. The van der Waals surface area contributed by atoms with Crippen molar-refractivity contribution in [2.24, 2.45) is 0 Å². The Morgan fingerprint density at radius 3 is 2.91 bits per heavy atom. The highest BCUT2D eigenvalue weighted by Gasteiger charge is 2.20. The fourth-order valence-electron chi connectivity index (χ4n) is 2.76. The molecular formula is C15H21N5O3. The summed E-state index contributed by atoms with van der Waals surface area (Å²) in [5.74, 6) is 0.316. The number of ether oxygens (including phenoxy) is 1. The molecule has 2 fully saturated rings. The number of hydrogen-bond acceptors (Lipinski definition) is 6. The molecule has 1 atom stereocenters. The van der Waals surface area contributed by atoms with E-state index in [1.165, 1.54) is 0 Å². The number of aromatic nitrogens is 2. The van der Waals surface area contributed by atoms with Crippen molar-refractivity contribution in [2.45, 2.75) is 18.9 Å². The summed E-state index contributed by atoms with van der Waals surface area (Å²) in [5, 5.41) is 2.86. The molecule has 2 aliphatic heterocycles. The van der Waals surface area contributed by atoms with Crippen LogP contribution in [0.2, 0.25) is 0 Å². The number of rotatable bonds is 5. The molecule has 1 unspecified atom stereocenters. The molecule has 2 amide bonds. The smallest absolute Gasteiger partial charge is 0.270 e. The standard InChI is InChI=1S/C15H21N5O3/c21-11-19-5-7-20(8-6-19)15-16-4-3-13(18-15)14(22)17-10-12-2-1-9-23-12/h3-4,11-12H,1-2,5-10H2,(H,17,22). The summed E-state index contributed by atoms with van der Waals surface area (Å²) >= 11 is 0. The normalized spacial score (nSPS) is 21.3. The van der Waals surface area contributed by atoms with Crippen molar-refractivity contribution in [3.8, 4) is 0 Å². The lowest BCUT2D eigenvalue weighted by molar-refractivity contribution is -0.118. The van der Waals surface area contributed by atoms with Gasteiger partial charge >= 0.3 is 0 Å². The van der Waals surface area contributed by atoms with Crippen LogP contribution in [-0.4, -0.2) is 72.6 Å². The van der Waals surface area contributed by atoms with Crippen LogP contribution < -0.4 is 10.2 Å². The highest BCUT2D eigenvalue weighted by atomic mass is 16.5. The molecule has 23 heavy (non-hydrogen) atoms. The number of piperazine rings is 1. The van der Waals surface area contributed by atoms with Gasteiger partial charge in [-0.15, -0.1) is 0 Å². The second-order valence-corrected chi connectivity index (χ2v) is 5.72. The van der Waals surface area contributed by atoms with Gasteiger partial charge in [-0.1, -0.05) is 0 Å². The van der Waals surface area contributed by atoms with E-state index in [0.717, 1.165) is 25.9 Å². The van der Waals surface area contributed by atoms with Gasteiger partial charge in [0.25, 0.3) is 5.91 Å². The molecule has 3 rings (SSSR count). The van der Waals surface area contributed by atoms with Crippen molar-refractivity contribution in [1.82, 2.24) is 20.2 Å². The maximum absolute atomic E-state index is 12.2. The van der Waals surface area contributed by atoms with E-state index >= 15 is 0 Å². The second kappa shape index (κ2) is 7.36. The Balaban J connectivity index is 1.58. The Bertz CT molecular complexity index is 554. The van der Waals surface area contributed by atoms with Crippen molar-refractivity contribution < 1.29 is 14.3 Å². The lowest BCUT2D eigenvalue weighted by atomic mass is 10.2. The molecule has 1 aromatic heterocycles. The lowest BCUT2D eigenvalue weighted by Gasteiger charge is -2.32. The van der Waals surface area contributed by atoms with E-state index in [2.05, 4.69) is 15.3 Å². The SMILES string of the molecule is O=CN1CCN(c2nccc(C(=O)NCC3CCCO3)n2)CC1. The number of anilines is 1. The molecule has 3 heterocycles. The third-order valence-electron chi connectivity index (χ3n) is 4.14. The Morgan fingerprint density at radius 2 is 2.22 bits per heavy atom. The number of nitrogens with one attached hydrogen (secondary N) is 1. The molecule has 2 aliphatic rings. The average Bonchev–Trinajstić information content (AvgIpc) is 3.13. The summed E-state index contributed by atoms with van der Waals surface area (Å²) in [6.07, 6.45) is 4.58. The maximum Gasteiger partial charge on any atom is 0.270 e. The molecule has 124 valence electrons. The molecule has 8 heteroatoms. The van der Waals surface area contributed by atoms with Gasteiger partial charge in [-0.05, 0) is 18.9 Å². The average molecular weight is 319 g/mol. The van der Waals surface area contributed by atoms with Crippen LogP contribution in [0, 0.1) is 0 Å². The number of carbonyl (C=O) groups excluding carboxylic acids is 2. The van der Waals surface area contributed by atoms with E-state index < -0.39 is 0 Å². The molecule has 1 N–H and O–H groups in total. The predicted molar refractivity (Wildman–Crippen MR) is 83.2 cm³/mol. The molecule has 0 radical (unpaired) electrons. The molecule has 1 aromatic rings. The zero-order valence-electron chi connectivity index (χ0n) is 13.0. The van der Waals surface area contributed by atoms with E-state index in [4.69, 9.17) is 4.74 Å². The lowest BCUT2D eigenvalue weighted by Crippen LogP contribution is -2.46. The zero-order valence-corrected chi connectivity index (χ0v) is 13.0. The van der Waals surface area contributed by atoms with Crippen molar-refractivity contribution in [3.63, 3.8) is 0 Å². The predicted octanol–water partition coefficient (Wildman–Crippen LogP) is -0.336. The first-order valence-corrected chi connectivity index (χ1v) is 7.93. The molecule has 8 nitrogen and oxygen atoms in total. The van der Waals surface area contributed by atoms with E-state index in [-0.39, 0.29) is 12.0 Å². The topological polar surface area (TPSA) is 87.7 Å². The highest BCUT2D eigenvalue weighted by Crippen LogP contribution is 2.12. The third-order valence-corrected chi connectivity index (χ3v) is 4.14. The van der Waals surface area contributed by atoms with Crippen LogP contribution >= 0.6 is 0 Å². The molecule has 0 aliphatic carbocycles. The van der Waals surface area contributed by atoms with E-state index in [0.29, 0.717) is 44.4 Å². The van der Waals surface area contributed by atoms with Crippen molar-refractivity contribution >= 4 is 18.3 Å². The van der Waals surface area contributed by atoms with Crippen LogP contribution in [0.1, 0.15) is 23.3 Å². The van der Waals surface area contributed by atoms with E-state index in [1.807, 2.05) is 4.90 Å². The summed E-state index contributed by atoms with van der Waals surface area (Å²) in [6.45, 7) is 3.89. The minimum atomic E-state index is -0.212. The Kier molecular flexibility index (Phi) is 5.02. The van der Waals surface area contributed by atoms with Gasteiger partial charge in [-0.2, -0.15) is 0 Å². The summed E-state index contributed by atoms with van der Waals surface area (Å²) in [7, 11) is 0. The van der Waals surface area contributed by atoms with Gasteiger partial charge in [0, 0.05) is 45.5 Å². The molecule has 2 saturated heterocycles. The first kappa shape index (κ1) is 15.7. The maximum atomic E-state index is 12.2. The van der Waals surface area contributed by atoms with Crippen LogP contribution in [-0.2, 0) is 9.53 Å². The van der Waals surface area contributed by atoms with Gasteiger partial charge in [0.2, 0.25) is 12.4 Å². The van der Waals surface area contributed by atoms with Gasteiger partial charge < -0.3 is 19.9 Å². The number of hydrogen-bond donors (Lipinski definition) is 1. The Labute approximate surface area is 134 Å². The molecule has 0 bridgehead atoms. The molecule has 0 saturated carbocycles. The van der Waals surface area contributed by atoms with Crippen molar-refractivity contribution in [3.05, 3.63) is 18.0 Å². The van der Waals surface area contributed by atoms with Gasteiger partial charge in [0.05, 0.1) is 6.10 Å². The number of nitrogens with zero attached hydrogens (tertiary/aromatic N) is 4. The van der Waals surface area contributed by atoms with Gasteiger partial charge in [-0.25, -0.2) is 9.97 Å². The Hall–Kier alpha value is -2.22. The monoisotopic (exact) mass is 319 g/mol. The Morgan fingerprint density at radius 1 is 1.39 bits per heavy atom. The van der Waals surface area contributed by atoms with Gasteiger partial charge in [-0.3, -0.25) is 9.59 Å². The van der Waals surface area contributed by atoms with E-state index in [1.54, 1.807) is 17.2 Å². The largest absolute Gasteiger partial charge is 0.376 e. The van der Waals surface area contributed by atoms with Crippen LogP contribution in [0.3, 0.4) is 0 Å². The first-order chi connectivity index (χ1) is 11.3. The van der Waals surface area contributed by atoms with E-state index in [9.17, 15) is 9.59 Å². The minimum absolute atomic E-state index is 0.108. The summed E-state index contributed by atoms with van der Waals surface area (Å²) in [5.41, 5.74) is 0.353. The zero-order chi connectivity index (χ0) is 16.1. The molecule has 0 spiro atoms. The van der Waals surface area contributed by atoms with Crippen LogP contribution in [0.25, 0.3) is 0 Å². The highest BCUT2D eigenvalue weighted by molar-refractivity contribution is 5.92. The second-order valence-electron chi connectivity index (χ2n) is 5.72. The molecular weight excluding hydrogens is 298 g/mol. The third kappa shape index (κ3) is 3.95. The molecule has 0 aromatic carbocycles. The minimum Gasteiger partial charge on any atom is -0.376 e. The van der Waals surface area contributed by atoms with Gasteiger partial charge in [0.15, 0.2) is 0 Å². The fourth-order valence-corrected chi connectivity index (χ4v) is 2.76. The number of amides is 2.